The zero-order valence-electron chi connectivity index (χ0n) is 16.1. The van der Waals surface area contributed by atoms with Crippen LogP contribution in [0.3, 0.4) is 0 Å². The van der Waals surface area contributed by atoms with Gasteiger partial charge in [-0.25, -0.2) is 9.38 Å². The number of guanidine groups is 2. The lowest BCUT2D eigenvalue weighted by Gasteiger charge is -2.46. The van der Waals surface area contributed by atoms with Crippen LogP contribution in [0, 0.1) is 5.82 Å². The Kier molecular flexibility index (Phi) is 5.14. The van der Waals surface area contributed by atoms with Crippen LogP contribution in [0.5, 0.6) is 0 Å². The summed E-state index contributed by atoms with van der Waals surface area (Å²) in [5.41, 5.74) is 12.7. The number of aliphatic hydroxyl groups excluding tert-OH is 1. The second kappa shape index (κ2) is 7.58. The second-order valence-electron chi connectivity index (χ2n) is 8.10. The van der Waals surface area contributed by atoms with Gasteiger partial charge < -0.3 is 21.9 Å². The molecular formula is C20H29FN6O. The highest BCUT2D eigenvalue weighted by molar-refractivity contribution is 6.07. The molecule has 28 heavy (non-hydrogen) atoms. The molecule has 2 fully saturated rings. The van der Waals surface area contributed by atoms with Gasteiger partial charge in [-0.3, -0.25) is 4.90 Å². The van der Waals surface area contributed by atoms with Crippen molar-refractivity contribution in [1.82, 2.24) is 0 Å². The van der Waals surface area contributed by atoms with Gasteiger partial charge in [0.1, 0.15) is 11.5 Å². The van der Waals surface area contributed by atoms with Gasteiger partial charge in [0.05, 0.1) is 17.5 Å². The Hall–Kier alpha value is -2.35. The highest BCUT2D eigenvalue weighted by Gasteiger charge is 2.43. The summed E-state index contributed by atoms with van der Waals surface area (Å²) in [6, 6.07) is 5.11. The lowest BCUT2D eigenvalue weighted by Crippen LogP contribution is -2.58. The highest BCUT2D eigenvalue weighted by atomic mass is 19.1. The first kappa shape index (κ1) is 19.0. The van der Waals surface area contributed by atoms with E-state index in [0.717, 1.165) is 57.8 Å². The number of nitrogens with zero attached hydrogens (tertiary/aromatic N) is 3. The molecule has 2 aliphatic carbocycles. The summed E-state index contributed by atoms with van der Waals surface area (Å²) in [5, 5.41) is 13.1. The molecule has 3 aliphatic rings. The van der Waals surface area contributed by atoms with Gasteiger partial charge in [0, 0.05) is 6.04 Å². The Morgan fingerprint density at radius 1 is 1.11 bits per heavy atom. The zero-order chi connectivity index (χ0) is 19.7. The topological polar surface area (TPSA) is 112 Å². The zero-order valence-corrected chi connectivity index (χ0v) is 16.1. The number of aliphatic hydroxyl groups is 1. The minimum Gasteiger partial charge on any atom is -0.393 e. The van der Waals surface area contributed by atoms with Gasteiger partial charge in [-0.2, -0.15) is 4.99 Å². The summed E-state index contributed by atoms with van der Waals surface area (Å²) in [6.45, 7) is 0. The number of rotatable bonds is 3. The van der Waals surface area contributed by atoms with Crippen LogP contribution in [-0.2, 0) is 0 Å². The number of nitrogens with one attached hydrogen (secondary N) is 1. The monoisotopic (exact) mass is 388 g/mol. The average Bonchev–Trinajstić information content (AvgIpc) is 2.66. The van der Waals surface area contributed by atoms with Gasteiger partial charge >= 0.3 is 0 Å². The fraction of sp³-hybridized carbons (Fsp3) is 0.600. The normalized spacial score (nSPS) is 27.3. The van der Waals surface area contributed by atoms with Crippen molar-refractivity contribution < 1.29 is 9.50 Å². The van der Waals surface area contributed by atoms with Crippen LogP contribution >= 0.6 is 0 Å². The van der Waals surface area contributed by atoms with E-state index >= 15 is 0 Å². The maximum absolute atomic E-state index is 14.9. The molecular weight excluding hydrogens is 359 g/mol. The summed E-state index contributed by atoms with van der Waals surface area (Å²) in [7, 11) is 0. The van der Waals surface area contributed by atoms with Crippen molar-refractivity contribution in [3.05, 3.63) is 24.0 Å². The fourth-order valence-electron chi connectivity index (χ4n) is 4.74. The van der Waals surface area contributed by atoms with Gasteiger partial charge in [0.2, 0.25) is 11.9 Å². The number of hydrogen-bond acceptors (Lipinski definition) is 7. The van der Waals surface area contributed by atoms with Crippen LogP contribution in [0.4, 0.5) is 15.8 Å². The molecule has 7 nitrogen and oxygen atoms in total. The van der Waals surface area contributed by atoms with E-state index < -0.39 is 5.66 Å². The largest absolute Gasteiger partial charge is 0.393 e. The number of benzene rings is 1. The van der Waals surface area contributed by atoms with Crippen molar-refractivity contribution in [1.29, 1.82) is 0 Å². The molecule has 0 aromatic heterocycles. The van der Waals surface area contributed by atoms with E-state index in [1.807, 2.05) is 11.0 Å². The molecule has 8 heteroatoms. The minimum absolute atomic E-state index is 0.109. The van der Waals surface area contributed by atoms with E-state index in [0.29, 0.717) is 11.4 Å². The summed E-state index contributed by atoms with van der Waals surface area (Å²) in [4.78, 5) is 10.7. The quantitative estimate of drug-likeness (QED) is 0.636. The van der Waals surface area contributed by atoms with Crippen molar-refractivity contribution in [2.75, 3.05) is 10.2 Å². The smallest absolute Gasteiger partial charge is 0.220 e. The maximum Gasteiger partial charge on any atom is 0.220 e. The fourth-order valence-corrected chi connectivity index (χ4v) is 4.74. The molecule has 0 amide bonds. The molecule has 1 aromatic rings. The van der Waals surface area contributed by atoms with Crippen LogP contribution in [0.25, 0.3) is 0 Å². The molecule has 1 aromatic carbocycles. The average molecular weight is 388 g/mol. The van der Waals surface area contributed by atoms with Crippen LogP contribution < -0.4 is 21.7 Å². The minimum atomic E-state index is -0.610. The molecule has 1 spiro atoms. The van der Waals surface area contributed by atoms with E-state index in [1.165, 1.54) is 6.07 Å². The third-order valence-electron chi connectivity index (χ3n) is 6.13. The standard InChI is InChI=1S/C20H29FN6O/c21-15-5-4-6-16(17(15)24-13-7-9-14(28)10-8-13)27-19(23)25-18(22)26-20(27)11-2-1-3-12-20/h4-6,13-14,24,28H,1-3,7-12H2,(H4,22,23,25,26). The molecule has 0 saturated heterocycles. The van der Waals surface area contributed by atoms with Gasteiger partial charge in [0.15, 0.2) is 0 Å². The van der Waals surface area contributed by atoms with E-state index in [4.69, 9.17) is 11.5 Å². The van der Waals surface area contributed by atoms with Crippen LogP contribution in [0.1, 0.15) is 57.8 Å². The van der Waals surface area contributed by atoms with Crippen molar-refractivity contribution in [3.8, 4) is 0 Å². The molecule has 152 valence electrons. The highest BCUT2D eigenvalue weighted by Crippen LogP contribution is 2.43. The van der Waals surface area contributed by atoms with Gasteiger partial charge in [-0.05, 0) is 63.5 Å². The van der Waals surface area contributed by atoms with Crippen molar-refractivity contribution in [2.24, 2.45) is 21.5 Å². The van der Waals surface area contributed by atoms with Crippen LogP contribution in [0.15, 0.2) is 28.2 Å². The van der Waals surface area contributed by atoms with Crippen molar-refractivity contribution in [3.63, 3.8) is 0 Å². The summed E-state index contributed by atoms with van der Waals surface area (Å²) >= 11 is 0. The van der Waals surface area contributed by atoms with Crippen LogP contribution in [0.2, 0.25) is 0 Å². The molecule has 4 rings (SSSR count). The molecule has 0 atom stereocenters. The Bertz CT molecular complexity index is 781. The SMILES string of the molecule is NC1=NC2(CCCCC2)N(c2cccc(F)c2NC2CCC(O)CC2)C(N)=N1. The van der Waals surface area contributed by atoms with E-state index in [2.05, 4.69) is 15.3 Å². The summed E-state index contributed by atoms with van der Waals surface area (Å²) in [6.07, 6.45) is 7.55. The Labute approximate surface area is 164 Å². The molecule has 0 bridgehead atoms. The van der Waals surface area contributed by atoms with Gasteiger partial charge in [-0.15, -0.1) is 0 Å². The third kappa shape index (κ3) is 3.53. The Morgan fingerprint density at radius 2 is 1.82 bits per heavy atom. The molecule has 6 N–H and O–H groups in total. The van der Waals surface area contributed by atoms with E-state index in [-0.39, 0.29) is 29.9 Å². The number of aliphatic imine (C=N–C) groups is 2. The first-order valence-corrected chi connectivity index (χ1v) is 10.2. The maximum atomic E-state index is 14.9. The van der Waals surface area contributed by atoms with Crippen LogP contribution in [-0.4, -0.2) is 34.8 Å². The van der Waals surface area contributed by atoms with Gasteiger partial charge in [0.25, 0.3) is 0 Å². The lowest BCUT2D eigenvalue weighted by atomic mass is 9.87. The molecule has 1 heterocycles. The molecule has 2 saturated carbocycles. The van der Waals surface area contributed by atoms with Crippen molar-refractivity contribution in [2.45, 2.75) is 75.6 Å². The van der Waals surface area contributed by atoms with Crippen molar-refractivity contribution >= 4 is 23.3 Å². The molecule has 0 radical (unpaired) electrons. The number of halogens is 1. The Morgan fingerprint density at radius 3 is 2.54 bits per heavy atom. The molecule has 0 unspecified atom stereocenters. The lowest BCUT2D eigenvalue weighted by molar-refractivity contribution is 0.126. The second-order valence-corrected chi connectivity index (χ2v) is 8.10. The Balaban J connectivity index is 1.71. The third-order valence-corrected chi connectivity index (χ3v) is 6.13. The predicted octanol–water partition coefficient (Wildman–Crippen LogP) is 2.65. The number of anilines is 2. The number of nitrogens with two attached hydrogens (primary N) is 2. The number of para-hydroxylation sites is 1. The van der Waals surface area contributed by atoms with Gasteiger partial charge in [-0.1, -0.05) is 12.5 Å². The van der Waals surface area contributed by atoms with E-state index in [1.54, 1.807) is 6.07 Å². The summed E-state index contributed by atoms with van der Waals surface area (Å²) in [5.74, 6) is 0.106. The predicted molar refractivity (Wildman–Crippen MR) is 110 cm³/mol. The summed E-state index contributed by atoms with van der Waals surface area (Å²) < 4.78 is 14.9. The first-order chi connectivity index (χ1) is 13.5. The molecule has 1 aliphatic heterocycles. The van der Waals surface area contributed by atoms with E-state index in [9.17, 15) is 9.50 Å². The first-order valence-electron chi connectivity index (χ1n) is 10.2. The number of hydrogen-bond donors (Lipinski definition) is 4.